The molecule has 5 nitrogen and oxygen atoms in total. The smallest absolute Gasteiger partial charge is 0.457 e. The number of hydrogen-bond acceptors (Lipinski definition) is 4. The highest BCUT2D eigenvalue weighted by atomic mass is 32.2. The number of nitrogens with zero attached hydrogens (tertiary/aromatic N) is 1. The second-order valence-corrected chi connectivity index (χ2v) is 8.31. The SMILES string of the molecule is O=S(=O)(c1ccc(Oc2ccc3[nH]ncc3c2)c2c1CC(F)(F)C2)C(F)(F)F. The van der Waals surface area contributed by atoms with Gasteiger partial charge in [-0.05, 0) is 35.9 Å². The van der Waals surface area contributed by atoms with Crippen LogP contribution in [0.1, 0.15) is 11.1 Å². The van der Waals surface area contributed by atoms with Crippen molar-refractivity contribution in [3.05, 3.63) is 47.7 Å². The number of hydrogen-bond donors (Lipinski definition) is 1. The van der Waals surface area contributed by atoms with Crippen molar-refractivity contribution in [3.8, 4) is 11.5 Å². The highest BCUT2D eigenvalue weighted by molar-refractivity contribution is 7.92. The molecule has 1 aromatic heterocycles. The molecule has 0 bridgehead atoms. The summed E-state index contributed by atoms with van der Waals surface area (Å²) in [5, 5.41) is 7.23. The summed E-state index contributed by atoms with van der Waals surface area (Å²) in [6, 6.07) is 6.36. The highest BCUT2D eigenvalue weighted by Crippen LogP contribution is 2.45. The van der Waals surface area contributed by atoms with Crippen molar-refractivity contribution in [1.29, 1.82) is 0 Å². The first-order valence-electron chi connectivity index (χ1n) is 7.93. The molecule has 0 saturated heterocycles. The van der Waals surface area contributed by atoms with Gasteiger partial charge in [-0.3, -0.25) is 5.10 Å². The molecule has 0 amide bonds. The van der Waals surface area contributed by atoms with Crippen LogP contribution in [0.4, 0.5) is 22.0 Å². The second-order valence-electron chi connectivity index (χ2n) is 6.40. The molecule has 0 saturated carbocycles. The number of fused-ring (bicyclic) bond motifs is 2. The predicted octanol–water partition coefficient (Wildman–Crippen LogP) is 4.38. The number of aromatic nitrogens is 2. The molecule has 28 heavy (non-hydrogen) atoms. The topological polar surface area (TPSA) is 72.1 Å². The molecule has 0 atom stereocenters. The van der Waals surface area contributed by atoms with Crippen LogP contribution in [-0.2, 0) is 22.7 Å². The summed E-state index contributed by atoms with van der Waals surface area (Å²) in [6.45, 7) is 0. The first-order chi connectivity index (χ1) is 13.0. The minimum absolute atomic E-state index is 0.115. The Hall–Kier alpha value is -2.69. The van der Waals surface area contributed by atoms with Crippen molar-refractivity contribution < 1.29 is 35.1 Å². The van der Waals surface area contributed by atoms with Gasteiger partial charge in [0.25, 0.3) is 15.8 Å². The third kappa shape index (κ3) is 2.99. The molecule has 1 heterocycles. The maximum Gasteiger partial charge on any atom is 0.501 e. The standard InChI is InChI=1S/C17H11F5N2O3S/c18-16(19)6-11-12(7-16)15(28(25,26)17(20,21)22)4-3-14(11)27-10-1-2-13-9(5-10)8-23-24-13/h1-5,8H,6-7H2,(H,23,24). The number of sulfone groups is 1. The van der Waals surface area contributed by atoms with Gasteiger partial charge in [-0.15, -0.1) is 0 Å². The van der Waals surface area contributed by atoms with E-state index in [0.717, 1.165) is 6.07 Å². The number of rotatable bonds is 3. The first kappa shape index (κ1) is 18.7. The van der Waals surface area contributed by atoms with Crippen molar-refractivity contribution in [2.75, 3.05) is 0 Å². The van der Waals surface area contributed by atoms with E-state index >= 15 is 0 Å². The van der Waals surface area contributed by atoms with Gasteiger partial charge in [0.05, 0.1) is 16.6 Å². The second kappa shape index (κ2) is 5.90. The van der Waals surface area contributed by atoms with E-state index in [0.29, 0.717) is 17.0 Å². The summed E-state index contributed by atoms with van der Waals surface area (Å²) >= 11 is 0. The van der Waals surface area contributed by atoms with E-state index in [-0.39, 0.29) is 17.1 Å². The highest BCUT2D eigenvalue weighted by Gasteiger charge is 2.51. The number of aromatic amines is 1. The van der Waals surface area contributed by atoms with Gasteiger partial charge in [0.1, 0.15) is 11.5 Å². The average Bonchev–Trinajstić information content (AvgIpc) is 3.16. The fraction of sp³-hybridized carbons (Fsp3) is 0.235. The lowest BCUT2D eigenvalue weighted by Crippen LogP contribution is -2.25. The van der Waals surface area contributed by atoms with Gasteiger partial charge in [0.15, 0.2) is 0 Å². The number of ether oxygens (including phenoxy) is 1. The number of nitrogens with one attached hydrogen (secondary N) is 1. The Kier molecular flexibility index (Phi) is 3.93. The molecule has 4 rings (SSSR count). The van der Waals surface area contributed by atoms with E-state index in [1.165, 1.54) is 12.3 Å². The first-order valence-corrected chi connectivity index (χ1v) is 9.41. The molecule has 1 N–H and O–H groups in total. The predicted molar refractivity (Wildman–Crippen MR) is 88.2 cm³/mol. The summed E-state index contributed by atoms with van der Waals surface area (Å²) < 4.78 is 95.8. The Morgan fingerprint density at radius 1 is 1.07 bits per heavy atom. The van der Waals surface area contributed by atoms with E-state index < -0.39 is 44.6 Å². The number of halogens is 5. The fourth-order valence-corrected chi connectivity index (χ4v) is 4.22. The zero-order valence-corrected chi connectivity index (χ0v) is 14.7. The molecule has 1 aliphatic carbocycles. The van der Waals surface area contributed by atoms with Gasteiger partial charge in [0.2, 0.25) is 0 Å². The minimum atomic E-state index is -5.76. The van der Waals surface area contributed by atoms with Crippen molar-refractivity contribution in [2.24, 2.45) is 0 Å². The van der Waals surface area contributed by atoms with Crippen LogP contribution in [0.5, 0.6) is 11.5 Å². The van der Waals surface area contributed by atoms with Crippen molar-refractivity contribution in [2.45, 2.75) is 29.2 Å². The van der Waals surface area contributed by atoms with Crippen LogP contribution >= 0.6 is 0 Å². The zero-order valence-electron chi connectivity index (χ0n) is 13.8. The minimum Gasteiger partial charge on any atom is -0.457 e. The van der Waals surface area contributed by atoms with Crippen LogP contribution in [0, 0.1) is 0 Å². The third-order valence-electron chi connectivity index (χ3n) is 4.45. The maximum absolute atomic E-state index is 13.9. The quantitative estimate of drug-likeness (QED) is 0.641. The summed E-state index contributed by atoms with van der Waals surface area (Å²) in [6.07, 6.45) is -0.502. The average molecular weight is 418 g/mol. The molecule has 11 heteroatoms. The summed E-state index contributed by atoms with van der Waals surface area (Å²) in [7, 11) is -5.76. The lowest BCUT2D eigenvalue weighted by atomic mass is 10.1. The lowest BCUT2D eigenvalue weighted by molar-refractivity contribution is -0.0437. The molecule has 0 unspecified atom stereocenters. The summed E-state index contributed by atoms with van der Waals surface area (Å²) in [4.78, 5) is -1.16. The van der Waals surface area contributed by atoms with Gasteiger partial charge in [-0.1, -0.05) is 0 Å². The molecule has 3 aromatic rings. The van der Waals surface area contributed by atoms with Crippen LogP contribution in [0.25, 0.3) is 10.9 Å². The largest absolute Gasteiger partial charge is 0.501 e. The zero-order chi connectivity index (χ0) is 20.3. The van der Waals surface area contributed by atoms with Crippen LogP contribution in [-0.4, -0.2) is 30.0 Å². The fourth-order valence-electron chi connectivity index (χ4n) is 3.20. The molecule has 0 spiro atoms. The molecule has 0 radical (unpaired) electrons. The number of benzene rings is 2. The van der Waals surface area contributed by atoms with Gasteiger partial charge in [0, 0.05) is 23.8 Å². The van der Waals surface area contributed by atoms with E-state index in [4.69, 9.17) is 4.74 Å². The summed E-state index contributed by atoms with van der Waals surface area (Å²) in [5.41, 5.74) is -5.70. The Morgan fingerprint density at radius 2 is 1.79 bits per heavy atom. The number of alkyl halides is 5. The molecule has 0 fully saturated rings. The van der Waals surface area contributed by atoms with Gasteiger partial charge >= 0.3 is 5.51 Å². The van der Waals surface area contributed by atoms with E-state index in [2.05, 4.69) is 10.2 Å². The Labute approximate surface area is 155 Å². The molecule has 2 aromatic carbocycles. The Bertz CT molecular complexity index is 1190. The summed E-state index contributed by atoms with van der Waals surface area (Å²) in [5.74, 6) is -3.24. The van der Waals surface area contributed by atoms with Crippen molar-refractivity contribution >= 4 is 20.7 Å². The van der Waals surface area contributed by atoms with Crippen molar-refractivity contribution in [3.63, 3.8) is 0 Å². The van der Waals surface area contributed by atoms with E-state index in [1.54, 1.807) is 12.1 Å². The van der Waals surface area contributed by atoms with E-state index in [9.17, 15) is 30.4 Å². The van der Waals surface area contributed by atoms with Gasteiger partial charge < -0.3 is 4.74 Å². The Balaban J connectivity index is 1.81. The monoisotopic (exact) mass is 418 g/mol. The van der Waals surface area contributed by atoms with Gasteiger partial charge in [-0.2, -0.15) is 18.3 Å². The van der Waals surface area contributed by atoms with Crippen LogP contribution < -0.4 is 4.74 Å². The number of H-pyrrole nitrogens is 1. The van der Waals surface area contributed by atoms with Gasteiger partial charge in [-0.25, -0.2) is 17.2 Å². The maximum atomic E-state index is 13.9. The molecule has 1 aliphatic rings. The van der Waals surface area contributed by atoms with Crippen LogP contribution in [0.3, 0.4) is 0 Å². The van der Waals surface area contributed by atoms with E-state index in [1.807, 2.05) is 0 Å². The lowest BCUT2D eigenvalue weighted by Gasteiger charge is -2.15. The van der Waals surface area contributed by atoms with Crippen LogP contribution in [0.15, 0.2) is 41.4 Å². The van der Waals surface area contributed by atoms with Crippen molar-refractivity contribution in [1.82, 2.24) is 10.2 Å². The molecule has 148 valence electrons. The third-order valence-corrected chi connectivity index (χ3v) is 6.02. The molecular formula is C17H11F5N2O3S. The molecule has 0 aliphatic heterocycles. The molecular weight excluding hydrogens is 407 g/mol. The normalized spacial score (nSPS) is 16.3. The van der Waals surface area contributed by atoms with Crippen LogP contribution in [0.2, 0.25) is 0 Å². The Morgan fingerprint density at radius 3 is 2.50 bits per heavy atom.